The molecule has 0 N–H and O–H groups in total. The Labute approximate surface area is 105 Å². The van der Waals surface area contributed by atoms with Crippen LogP contribution >= 0.6 is 15.9 Å². The molecule has 0 fully saturated rings. The molecule has 0 aliphatic rings. The summed E-state index contributed by atoms with van der Waals surface area (Å²) in [4.78, 5) is 6.39. The van der Waals surface area contributed by atoms with Gasteiger partial charge in [-0.05, 0) is 24.6 Å². The molecule has 0 atom stereocenters. The van der Waals surface area contributed by atoms with E-state index in [1.54, 1.807) is 6.20 Å². The van der Waals surface area contributed by atoms with Crippen LogP contribution < -0.4 is 0 Å². The fourth-order valence-corrected chi connectivity index (χ4v) is 1.76. The van der Waals surface area contributed by atoms with Gasteiger partial charge in [0.1, 0.15) is 0 Å². The predicted octanol–water partition coefficient (Wildman–Crippen LogP) is 2.58. The first-order valence-corrected chi connectivity index (χ1v) is 6.53. The van der Waals surface area contributed by atoms with Crippen molar-refractivity contribution >= 4 is 15.9 Å². The molecule has 3 nitrogen and oxygen atoms in total. The average molecular weight is 282 g/mol. The van der Waals surface area contributed by atoms with Gasteiger partial charge in [0.2, 0.25) is 0 Å². The molecule has 0 bridgehead atoms. The van der Waals surface area contributed by atoms with Crippen LogP contribution in [0.25, 0.3) is 0 Å². The second-order valence-corrected chi connectivity index (χ2v) is 4.38. The second-order valence-electron chi connectivity index (χ2n) is 3.59. The van der Waals surface area contributed by atoms with Crippen molar-refractivity contribution in [3.8, 4) is 6.07 Å². The van der Waals surface area contributed by atoms with Gasteiger partial charge >= 0.3 is 0 Å². The Morgan fingerprint density at radius 3 is 2.94 bits per heavy atom. The third-order valence-electron chi connectivity index (χ3n) is 2.28. The van der Waals surface area contributed by atoms with E-state index in [9.17, 15) is 0 Å². The lowest BCUT2D eigenvalue weighted by atomic mass is 10.2. The number of hydrogen-bond acceptors (Lipinski definition) is 3. The normalized spacial score (nSPS) is 10.3. The van der Waals surface area contributed by atoms with Crippen molar-refractivity contribution in [3.63, 3.8) is 0 Å². The zero-order valence-corrected chi connectivity index (χ0v) is 10.9. The van der Waals surface area contributed by atoms with E-state index < -0.39 is 0 Å². The minimum atomic E-state index is 0.586. The van der Waals surface area contributed by atoms with E-state index in [0.717, 1.165) is 31.4 Å². The molecular formula is C12H16BrN3. The van der Waals surface area contributed by atoms with Crippen molar-refractivity contribution in [2.45, 2.75) is 19.4 Å². The topological polar surface area (TPSA) is 39.9 Å². The first kappa shape index (κ1) is 13.1. The fraction of sp³-hybridized carbons (Fsp3) is 0.500. The first-order valence-electron chi connectivity index (χ1n) is 5.41. The zero-order valence-electron chi connectivity index (χ0n) is 9.27. The van der Waals surface area contributed by atoms with Crippen LogP contribution in [-0.2, 0) is 6.54 Å². The largest absolute Gasteiger partial charge is 0.298 e. The highest BCUT2D eigenvalue weighted by Gasteiger charge is 2.05. The summed E-state index contributed by atoms with van der Waals surface area (Å²) in [5, 5.41) is 9.61. The van der Waals surface area contributed by atoms with E-state index in [-0.39, 0.29) is 0 Å². The summed E-state index contributed by atoms with van der Waals surface area (Å²) in [5.74, 6) is 0. The minimum Gasteiger partial charge on any atom is -0.298 e. The molecule has 0 aromatic carbocycles. The van der Waals surface area contributed by atoms with Gasteiger partial charge in [0, 0.05) is 37.2 Å². The molecule has 0 amide bonds. The summed E-state index contributed by atoms with van der Waals surface area (Å²) in [5.41, 5.74) is 1.20. The maximum absolute atomic E-state index is 8.61. The Morgan fingerprint density at radius 2 is 2.31 bits per heavy atom. The molecular weight excluding hydrogens is 266 g/mol. The molecule has 0 saturated heterocycles. The van der Waals surface area contributed by atoms with E-state index >= 15 is 0 Å². The van der Waals surface area contributed by atoms with Crippen molar-refractivity contribution in [3.05, 3.63) is 30.1 Å². The zero-order chi connectivity index (χ0) is 11.6. The molecule has 0 unspecified atom stereocenters. The van der Waals surface area contributed by atoms with E-state index in [0.29, 0.717) is 6.42 Å². The molecule has 16 heavy (non-hydrogen) atoms. The third kappa shape index (κ3) is 5.24. The molecule has 1 rings (SSSR count). The SMILES string of the molecule is N#CCCN(CCCBr)Cc1cccnc1. The summed E-state index contributed by atoms with van der Waals surface area (Å²) in [6, 6.07) is 6.21. The van der Waals surface area contributed by atoms with E-state index in [4.69, 9.17) is 5.26 Å². The van der Waals surface area contributed by atoms with Gasteiger partial charge in [-0.2, -0.15) is 5.26 Å². The number of nitrogens with zero attached hydrogens (tertiary/aromatic N) is 3. The molecule has 1 aromatic heterocycles. The average Bonchev–Trinajstić information content (AvgIpc) is 2.34. The molecule has 0 aliphatic carbocycles. The van der Waals surface area contributed by atoms with Crippen molar-refractivity contribution in [2.75, 3.05) is 18.4 Å². The first-order chi connectivity index (χ1) is 7.86. The van der Waals surface area contributed by atoms with Crippen molar-refractivity contribution in [2.24, 2.45) is 0 Å². The number of pyridine rings is 1. The number of aromatic nitrogens is 1. The number of nitriles is 1. The van der Waals surface area contributed by atoms with Crippen molar-refractivity contribution < 1.29 is 0 Å². The highest BCUT2D eigenvalue weighted by Crippen LogP contribution is 2.05. The lowest BCUT2D eigenvalue weighted by Crippen LogP contribution is -2.25. The maximum atomic E-state index is 8.61. The lowest BCUT2D eigenvalue weighted by Gasteiger charge is -2.20. The van der Waals surface area contributed by atoms with E-state index in [1.807, 2.05) is 12.3 Å². The summed E-state index contributed by atoms with van der Waals surface area (Å²) in [7, 11) is 0. The summed E-state index contributed by atoms with van der Waals surface area (Å²) in [6.07, 6.45) is 5.35. The quantitative estimate of drug-likeness (QED) is 0.722. The van der Waals surface area contributed by atoms with Crippen molar-refractivity contribution in [1.82, 2.24) is 9.88 Å². The molecule has 0 aliphatic heterocycles. The van der Waals surface area contributed by atoms with E-state index in [2.05, 4.69) is 37.9 Å². The predicted molar refractivity (Wildman–Crippen MR) is 68.2 cm³/mol. The number of rotatable bonds is 7. The Hall–Kier alpha value is -0.920. The Balaban J connectivity index is 2.46. The second kappa shape index (κ2) is 8.26. The van der Waals surface area contributed by atoms with Crippen molar-refractivity contribution in [1.29, 1.82) is 5.26 Å². The molecule has 1 heterocycles. The third-order valence-corrected chi connectivity index (χ3v) is 2.84. The van der Waals surface area contributed by atoms with Gasteiger partial charge in [0.15, 0.2) is 0 Å². The standard InChI is InChI=1S/C12H16BrN3/c13-5-2-8-16(9-3-6-14)11-12-4-1-7-15-10-12/h1,4,7,10H,2-3,5,8-9,11H2. The van der Waals surface area contributed by atoms with Gasteiger partial charge in [-0.3, -0.25) is 9.88 Å². The number of hydrogen-bond donors (Lipinski definition) is 0. The fourth-order valence-electron chi connectivity index (χ4n) is 1.51. The lowest BCUT2D eigenvalue weighted by molar-refractivity contribution is 0.273. The maximum Gasteiger partial charge on any atom is 0.0635 e. The number of halogens is 1. The summed E-state index contributed by atoms with van der Waals surface area (Å²) < 4.78 is 0. The number of alkyl halides is 1. The smallest absolute Gasteiger partial charge is 0.0635 e. The van der Waals surface area contributed by atoms with Gasteiger partial charge in [-0.15, -0.1) is 0 Å². The van der Waals surface area contributed by atoms with Crippen LogP contribution in [0.3, 0.4) is 0 Å². The van der Waals surface area contributed by atoms with Crippen LogP contribution in [0.1, 0.15) is 18.4 Å². The molecule has 0 saturated carbocycles. The molecule has 0 radical (unpaired) electrons. The highest BCUT2D eigenvalue weighted by atomic mass is 79.9. The van der Waals surface area contributed by atoms with Crippen LogP contribution in [0, 0.1) is 11.3 Å². The molecule has 4 heteroatoms. The Bertz CT molecular complexity index is 321. The van der Waals surface area contributed by atoms with Gasteiger partial charge < -0.3 is 0 Å². The van der Waals surface area contributed by atoms with Crippen LogP contribution in [0.4, 0.5) is 0 Å². The Kier molecular flexibility index (Phi) is 6.78. The Morgan fingerprint density at radius 1 is 1.44 bits per heavy atom. The van der Waals surface area contributed by atoms with Gasteiger partial charge in [-0.25, -0.2) is 0 Å². The molecule has 86 valence electrons. The van der Waals surface area contributed by atoms with Gasteiger partial charge in [0.25, 0.3) is 0 Å². The van der Waals surface area contributed by atoms with Crippen LogP contribution in [0.2, 0.25) is 0 Å². The minimum absolute atomic E-state index is 0.586. The molecule has 0 spiro atoms. The molecule has 1 aromatic rings. The highest BCUT2D eigenvalue weighted by molar-refractivity contribution is 9.09. The van der Waals surface area contributed by atoms with Crippen LogP contribution in [0.15, 0.2) is 24.5 Å². The van der Waals surface area contributed by atoms with Gasteiger partial charge in [0.05, 0.1) is 6.07 Å². The van der Waals surface area contributed by atoms with Gasteiger partial charge in [-0.1, -0.05) is 22.0 Å². The van der Waals surface area contributed by atoms with E-state index in [1.165, 1.54) is 5.56 Å². The van der Waals surface area contributed by atoms with Crippen LogP contribution in [-0.4, -0.2) is 28.3 Å². The summed E-state index contributed by atoms with van der Waals surface area (Å²) in [6.45, 7) is 2.72. The van der Waals surface area contributed by atoms with Crippen LogP contribution in [0.5, 0.6) is 0 Å². The monoisotopic (exact) mass is 281 g/mol. The summed E-state index contributed by atoms with van der Waals surface area (Å²) >= 11 is 3.43.